The predicted octanol–water partition coefficient (Wildman–Crippen LogP) is 4.59. The lowest BCUT2D eigenvalue weighted by atomic mass is 10.1. The normalized spacial score (nSPS) is 11.9. The molecule has 1 unspecified atom stereocenters. The number of nitrogens with one attached hydrogen (secondary N) is 1. The average Bonchev–Trinajstić information content (AvgIpc) is 2.77. The molecule has 0 aliphatic heterocycles. The molecule has 4 aromatic rings. The summed E-state index contributed by atoms with van der Waals surface area (Å²) in [6.07, 6.45) is 0. The van der Waals surface area contributed by atoms with Crippen LogP contribution in [0.15, 0.2) is 83.7 Å². The van der Waals surface area contributed by atoms with Crippen LogP contribution in [0, 0.1) is 0 Å². The maximum Gasteiger partial charge on any atom is 0.275 e. The van der Waals surface area contributed by atoms with Crippen LogP contribution in [0.2, 0.25) is 5.02 Å². The van der Waals surface area contributed by atoms with Gasteiger partial charge in [0.25, 0.3) is 5.56 Å². The van der Waals surface area contributed by atoms with E-state index in [4.69, 9.17) is 11.6 Å². The second-order valence-corrected chi connectivity index (χ2v) is 7.50. The molecule has 0 aliphatic carbocycles. The zero-order valence-corrected chi connectivity index (χ0v) is 17.1. The molecule has 5 nitrogen and oxygen atoms in total. The molecule has 1 atom stereocenters. The predicted molar refractivity (Wildman–Crippen MR) is 119 cm³/mol. The first-order valence-electron chi connectivity index (χ1n) is 9.63. The van der Waals surface area contributed by atoms with E-state index in [-0.39, 0.29) is 24.1 Å². The van der Waals surface area contributed by atoms with Gasteiger partial charge >= 0.3 is 0 Å². The van der Waals surface area contributed by atoms with Crippen molar-refractivity contribution in [3.05, 3.63) is 99.8 Å². The Morgan fingerprint density at radius 1 is 0.967 bits per heavy atom. The van der Waals surface area contributed by atoms with E-state index >= 15 is 0 Å². The Bertz CT molecular complexity index is 1250. The fourth-order valence-electron chi connectivity index (χ4n) is 3.41. The SMILES string of the molecule is CC(NC(=O)Cn1nc(-c2ccc(Cl)cc2)c2ccccc2c1=O)c1ccccc1. The molecule has 3 aromatic carbocycles. The highest BCUT2D eigenvalue weighted by Gasteiger charge is 2.15. The Hall–Kier alpha value is -3.44. The second kappa shape index (κ2) is 8.51. The van der Waals surface area contributed by atoms with Crippen LogP contribution in [0.1, 0.15) is 18.5 Å². The third-order valence-corrected chi connectivity index (χ3v) is 5.21. The molecule has 150 valence electrons. The molecule has 0 saturated heterocycles. The van der Waals surface area contributed by atoms with Crippen molar-refractivity contribution < 1.29 is 4.79 Å². The molecular formula is C24H20ClN3O2. The number of nitrogens with zero attached hydrogens (tertiary/aromatic N) is 2. The van der Waals surface area contributed by atoms with E-state index in [0.29, 0.717) is 16.1 Å². The lowest BCUT2D eigenvalue weighted by Gasteiger charge is -2.15. The molecule has 1 N–H and O–H groups in total. The van der Waals surface area contributed by atoms with Gasteiger partial charge in [0.15, 0.2) is 0 Å². The van der Waals surface area contributed by atoms with E-state index in [1.165, 1.54) is 4.68 Å². The maximum atomic E-state index is 13.0. The lowest BCUT2D eigenvalue weighted by molar-refractivity contribution is -0.122. The van der Waals surface area contributed by atoms with Gasteiger partial charge in [-0.05, 0) is 30.7 Å². The van der Waals surface area contributed by atoms with Gasteiger partial charge in [-0.2, -0.15) is 5.10 Å². The Morgan fingerprint density at radius 3 is 2.30 bits per heavy atom. The molecule has 0 spiro atoms. The molecule has 1 heterocycles. The summed E-state index contributed by atoms with van der Waals surface area (Å²) < 4.78 is 1.22. The van der Waals surface area contributed by atoms with Crippen molar-refractivity contribution >= 4 is 28.3 Å². The fraction of sp³-hybridized carbons (Fsp3) is 0.125. The van der Waals surface area contributed by atoms with E-state index in [2.05, 4.69) is 10.4 Å². The summed E-state index contributed by atoms with van der Waals surface area (Å²) in [5.74, 6) is -0.279. The molecule has 1 amide bonds. The van der Waals surface area contributed by atoms with Gasteiger partial charge in [-0.15, -0.1) is 0 Å². The van der Waals surface area contributed by atoms with Gasteiger partial charge in [-0.25, -0.2) is 4.68 Å². The highest BCUT2D eigenvalue weighted by molar-refractivity contribution is 6.30. The molecule has 0 bridgehead atoms. The first-order valence-corrected chi connectivity index (χ1v) is 10.0. The molecule has 0 saturated carbocycles. The van der Waals surface area contributed by atoms with Crippen molar-refractivity contribution in [1.29, 1.82) is 0 Å². The van der Waals surface area contributed by atoms with Crippen LogP contribution in [-0.4, -0.2) is 15.7 Å². The highest BCUT2D eigenvalue weighted by Crippen LogP contribution is 2.25. The van der Waals surface area contributed by atoms with E-state index in [1.54, 1.807) is 24.3 Å². The first kappa shape index (κ1) is 19.9. The summed E-state index contributed by atoms with van der Waals surface area (Å²) in [7, 11) is 0. The number of amides is 1. The summed E-state index contributed by atoms with van der Waals surface area (Å²) >= 11 is 6.01. The summed E-state index contributed by atoms with van der Waals surface area (Å²) in [5.41, 5.74) is 2.14. The van der Waals surface area contributed by atoms with Crippen molar-refractivity contribution in [2.24, 2.45) is 0 Å². The van der Waals surface area contributed by atoms with E-state index in [1.807, 2.05) is 61.5 Å². The third kappa shape index (κ3) is 4.11. The zero-order chi connectivity index (χ0) is 21.1. The standard InChI is InChI=1S/C24H20ClN3O2/c1-16(17-7-3-2-4-8-17)26-22(29)15-28-24(30)21-10-6-5-9-20(21)23(27-28)18-11-13-19(25)14-12-18/h2-14,16H,15H2,1H3,(H,26,29). The number of carbonyl (C=O) groups excluding carboxylic acids is 1. The molecule has 30 heavy (non-hydrogen) atoms. The Kier molecular flexibility index (Phi) is 5.63. The van der Waals surface area contributed by atoms with Crippen LogP contribution in [0.3, 0.4) is 0 Å². The maximum absolute atomic E-state index is 13.0. The van der Waals surface area contributed by atoms with E-state index in [0.717, 1.165) is 16.5 Å². The van der Waals surface area contributed by atoms with Crippen molar-refractivity contribution in [3.63, 3.8) is 0 Å². The zero-order valence-electron chi connectivity index (χ0n) is 16.4. The van der Waals surface area contributed by atoms with Crippen LogP contribution in [-0.2, 0) is 11.3 Å². The summed E-state index contributed by atoms with van der Waals surface area (Å²) in [4.78, 5) is 25.6. The second-order valence-electron chi connectivity index (χ2n) is 7.06. The minimum absolute atomic E-state index is 0.165. The number of hydrogen-bond acceptors (Lipinski definition) is 3. The number of fused-ring (bicyclic) bond motifs is 1. The Labute approximate surface area is 178 Å². The number of aromatic nitrogens is 2. The molecule has 0 radical (unpaired) electrons. The average molecular weight is 418 g/mol. The number of hydrogen-bond donors (Lipinski definition) is 1. The number of benzene rings is 3. The van der Waals surface area contributed by atoms with Crippen molar-refractivity contribution in [2.75, 3.05) is 0 Å². The Morgan fingerprint density at radius 2 is 1.60 bits per heavy atom. The highest BCUT2D eigenvalue weighted by atomic mass is 35.5. The van der Waals surface area contributed by atoms with Gasteiger partial charge in [-0.1, -0.05) is 72.3 Å². The van der Waals surface area contributed by atoms with Gasteiger partial charge < -0.3 is 5.32 Å². The minimum Gasteiger partial charge on any atom is -0.348 e. The van der Waals surface area contributed by atoms with Crippen LogP contribution in [0.4, 0.5) is 0 Å². The van der Waals surface area contributed by atoms with E-state index in [9.17, 15) is 9.59 Å². The topological polar surface area (TPSA) is 64.0 Å². The molecule has 0 aliphatic rings. The van der Waals surface area contributed by atoms with Crippen LogP contribution in [0.5, 0.6) is 0 Å². The molecule has 0 fully saturated rings. The van der Waals surface area contributed by atoms with Crippen LogP contribution >= 0.6 is 11.6 Å². The summed E-state index contributed by atoms with van der Waals surface area (Å²) in [6.45, 7) is 1.74. The molecule has 4 rings (SSSR count). The number of rotatable bonds is 5. The number of carbonyl (C=O) groups is 1. The summed E-state index contributed by atoms with van der Waals surface area (Å²) in [6, 6.07) is 24.0. The van der Waals surface area contributed by atoms with E-state index < -0.39 is 0 Å². The molecule has 1 aromatic heterocycles. The monoisotopic (exact) mass is 417 g/mol. The van der Waals surface area contributed by atoms with Crippen molar-refractivity contribution in [1.82, 2.24) is 15.1 Å². The minimum atomic E-state index is -0.300. The third-order valence-electron chi connectivity index (χ3n) is 4.96. The van der Waals surface area contributed by atoms with Gasteiger partial charge in [0.1, 0.15) is 6.54 Å². The van der Waals surface area contributed by atoms with Crippen molar-refractivity contribution in [3.8, 4) is 11.3 Å². The largest absolute Gasteiger partial charge is 0.348 e. The first-order chi connectivity index (χ1) is 14.5. The number of halogens is 1. The molecular weight excluding hydrogens is 398 g/mol. The smallest absolute Gasteiger partial charge is 0.275 e. The van der Waals surface area contributed by atoms with Gasteiger partial charge in [0.05, 0.1) is 17.1 Å². The molecule has 6 heteroatoms. The Balaban J connectivity index is 1.69. The van der Waals surface area contributed by atoms with Crippen LogP contribution < -0.4 is 10.9 Å². The lowest BCUT2D eigenvalue weighted by Crippen LogP contribution is -2.35. The van der Waals surface area contributed by atoms with Gasteiger partial charge in [0.2, 0.25) is 5.91 Å². The fourth-order valence-corrected chi connectivity index (χ4v) is 3.54. The van der Waals surface area contributed by atoms with Gasteiger partial charge in [-0.3, -0.25) is 9.59 Å². The van der Waals surface area contributed by atoms with Crippen molar-refractivity contribution in [2.45, 2.75) is 19.5 Å². The quantitative estimate of drug-likeness (QED) is 0.516. The van der Waals surface area contributed by atoms with Gasteiger partial charge in [0, 0.05) is 16.0 Å². The van der Waals surface area contributed by atoms with Crippen LogP contribution in [0.25, 0.3) is 22.0 Å². The summed E-state index contributed by atoms with van der Waals surface area (Å²) in [5, 5.41) is 9.32.